The summed E-state index contributed by atoms with van der Waals surface area (Å²) in [6.07, 6.45) is 11.8. The molecule has 0 radical (unpaired) electrons. The molecule has 1 aromatic heterocycles. The Balaban J connectivity index is 1.68. The molecule has 2 unspecified atom stereocenters. The van der Waals surface area contributed by atoms with Gasteiger partial charge in [-0.3, -0.25) is 14.6 Å². The maximum absolute atomic E-state index is 12.1. The number of rotatable bonds is 5. The van der Waals surface area contributed by atoms with Crippen LogP contribution in [0.4, 0.5) is 0 Å². The number of aromatic nitrogens is 1. The van der Waals surface area contributed by atoms with Crippen molar-refractivity contribution in [2.75, 3.05) is 6.54 Å². The van der Waals surface area contributed by atoms with E-state index in [-0.39, 0.29) is 17.4 Å². The minimum Gasteiger partial charge on any atom is -0.352 e. The molecule has 5 heteroatoms. The lowest BCUT2D eigenvalue weighted by atomic mass is 9.63. The molecule has 2 aromatic rings. The van der Waals surface area contributed by atoms with E-state index in [1.807, 2.05) is 55.6 Å². The number of carbonyl (C=O) groups is 1. The fourth-order valence-electron chi connectivity index (χ4n) is 5.02. The first-order chi connectivity index (χ1) is 15.5. The van der Waals surface area contributed by atoms with E-state index in [1.165, 1.54) is 11.1 Å². The van der Waals surface area contributed by atoms with E-state index >= 15 is 0 Å². The highest BCUT2D eigenvalue weighted by molar-refractivity contribution is 5.94. The quantitative estimate of drug-likeness (QED) is 0.542. The standard InChI is InChI=1S/C27H29N3O2/c1-4-22-21-14-18(3)17-27(22,23-11-12-25(31)30-24(23)16-21)29-13-7-9-19-8-6-10-20(15-19)26(32)28-5-2/h4,6-15,21H,5,16-17H2,1-3H3,(H,28,32)(H,30,31)/b9-7+,22-4+,29-13?. The number of nitrogens with zero attached hydrogens (tertiary/aromatic N) is 1. The molecular weight excluding hydrogens is 398 g/mol. The van der Waals surface area contributed by atoms with Crippen LogP contribution in [0.25, 0.3) is 6.08 Å². The molecule has 0 saturated heterocycles. The van der Waals surface area contributed by atoms with Crippen molar-refractivity contribution in [1.29, 1.82) is 0 Å². The number of hydrogen-bond acceptors (Lipinski definition) is 3. The van der Waals surface area contributed by atoms with Gasteiger partial charge in [-0.15, -0.1) is 0 Å². The molecule has 1 aromatic carbocycles. The maximum atomic E-state index is 12.1. The van der Waals surface area contributed by atoms with Gasteiger partial charge in [0, 0.05) is 48.0 Å². The highest BCUT2D eigenvalue weighted by Crippen LogP contribution is 2.51. The maximum Gasteiger partial charge on any atom is 0.251 e. The Bertz CT molecular complexity index is 1220. The Kier molecular flexibility index (Phi) is 6.08. The second kappa shape index (κ2) is 8.95. The second-order valence-electron chi connectivity index (χ2n) is 8.44. The van der Waals surface area contributed by atoms with Crippen molar-refractivity contribution in [2.45, 2.75) is 39.2 Å². The minimum absolute atomic E-state index is 0.0718. The summed E-state index contributed by atoms with van der Waals surface area (Å²) in [5, 5.41) is 2.83. The van der Waals surface area contributed by atoms with Crippen molar-refractivity contribution >= 4 is 18.2 Å². The van der Waals surface area contributed by atoms with E-state index in [4.69, 9.17) is 4.99 Å². The number of amides is 1. The second-order valence-corrected chi connectivity index (χ2v) is 8.44. The Morgan fingerprint density at radius 2 is 2.16 bits per heavy atom. The van der Waals surface area contributed by atoms with Gasteiger partial charge in [0.15, 0.2) is 0 Å². The van der Waals surface area contributed by atoms with Crippen molar-refractivity contribution in [3.63, 3.8) is 0 Å². The van der Waals surface area contributed by atoms with Crippen LogP contribution in [0.5, 0.6) is 0 Å². The number of carbonyl (C=O) groups excluding carboxylic acids is 1. The molecule has 164 valence electrons. The molecule has 4 rings (SSSR count). The summed E-state index contributed by atoms with van der Waals surface area (Å²) < 4.78 is 0. The molecule has 2 N–H and O–H groups in total. The predicted molar refractivity (Wildman–Crippen MR) is 130 cm³/mol. The van der Waals surface area contributed by atoms with Crippen LogP contribution in [0, 0.1) is 5.92 Å². The van der Waals surface area contributed by atoms with Crippen LogP contribution >= 0.6 is 0 Å². The van der Waals surface area contributed by atoms with Crippen molar-refractivity contribution in [2.24, 2.45) is 10.9 Å². The Morgan fingerprint density at radius 3 is 2.94 bits per heavy atom. The van der Waals surface area contributed by atoms with Crippen molar-refractivity contribution in [3.8, 4) is 0 Å². The van der Waals surface area contributed by atoms with Gasteiger partial charge in [0.1, 0.15) is 5.54 Å². The van der Waals surface area contributed by atoms with Crippen LogP contribution in [0.3, 0.4) is 0 Å². The van der Waals surface area contributed by atoms with Crippen LogP contribution in [0.15, 0.2) is 75.6 Å². The Hall–Kier alpha value is -3.47. The van der Waals surface area contributed by atoms with Crippen LogP contribution in [-0.2, 0) is 12.0 Å². The molecular formula is C27H29N3O2. The van der Waals surface area contributed by atoms with Crippen LogP contribution in [-0.4, -0.2) is 23.7 Å². The van der Waals surface area contributed by atoms with Gasteiger partial charge in [0.25, 0.3) is 5.91 Å². The monoisotopic (exact) mass is 427 g/mol. The van der Waals surface area contributed by atoms with Gasteiger partial charge in [0.05, 0.1) is 0 Å². The summed E-state index contributed by atoms with van der Waals surface area (Å²) in [6, 6.07) is 11.1. The van der Waals surface area contributed by atoms with E-state index in [0.29, 0.717) is 12.1 Å². The number of benzene rings is 1. The molecule has 0 saturated carbocycles. The normalized spacial score (nSPS) is 23.4. The molecule has 1 amide bonds. The smallest absolute Gasteiger partial charge is 0.251 e. The molecule has 2 atom stereocenters. The summed E-state index contributed by atoms with van der Waals surface area (Å²) in [5.74, 6) is 0.172. The lowest BCUT2D eigenvalue weighted by Crippen LogP contribution is -2.40. The number of H-pyrrole nitrogens is 1. The third kappa shape index (κ3) is 4.03. The minimum atomic E-state index is -0.497. The van der Waals surface area contributed by atoms with Gasteiger partial charge in [-0.2, -0.15) is 0 Å². The van der Waals surface area contributed by atoms with Gasteiger partial charge in [-0.05, 0) is 62.6 Å². The fourth-order valence-corrected chi connectivity index (χ4v) is 5.02. The molecule has 0 spiro atoms. The average Bonchev–Trinajstić information content (AvgIpc) is 2.76. The highest BCUT2D eigenvalue weighted by atomic mass is 16.1. The third-order valence-electron chi connectivity index (χ3n) is 6.23. The van der Waals surface area contributed by atoms with E-state index in [9.17, 15) is 9.59 Å². The lowest BCUT2D eigenvalue weighted by molar-refractivity contribution is 0.0956. The van der Waals surface area contributed by atoms with E-state index < -0.39 is 5.54 Å². The van der Waals surface area contributed by atoms with Gasteiger partial charge in [0.2, 0.25) is 5.56 Å². The molecule has 0 aliphatic heterocycles. The third-order valence-corrected chi connectivity index (χ3v) is 6.23. The number of aromatic amines is 1. The molecule has 2 aliphatic rings. The summed E-state index contributed by atoms with van der Waals surface area (Å²) in [7, 11) is 0. The summed E-state index contributed by atoms with van der Waals surface area (Å²) in [5.41, 5.74) is 5.67. The molecule has 2 aliphatic carbocycles. The predicted octanol–water partition coefficient (Wildman–Crippen LogP) is 4.57. The first-order valence-corrected chi connectivity index (χ1v) is 11.1. The molecule has 32 heavy (non-hydrogen) atoms. The summed E-state index contributed by atoms with van der Waals surface area (Å²) in [6.45, 7) is 6.73. The zero-order valence-electron chi connectivity index (χ0n) is 18.8. The Labute approximate surface area is 188 Å². The number of hydrogen-bond donors (Lipinski definition) is 2. The molecule has 1 heterocycles. The summed E-state index contributed by atoms with van der Waals surface area (Å²) >= 11 is 0. The van der Waals surface area contributed by atoms with Gasteiger partial charge >= 0.3 is 0 Å². The van der Waals surface area contributed by atoms with E-state index in [0.717, 1.165) is 29.7 Å². The first-order valence-electron chi connectivity index (χ1n) is 11.1. The average molecular weight is 428 g/mol. The van der Waals surface area contributed by atoms with Crippen LogP contribution in [0.1, 0.15) is 54.4 Å². The lowest BCUT2D eigenvalue weighted by Gasteiger charge is -2.45. The van der Waals surface area contributed by atoms with E-state index in [1.54, 1.807) is 6.07 Å². The zero-order valence-corrected chi connectivity index (χ0v) is 18.8. The van der Waals surface area contributed by atoms with Crippen molar-refractivity contribution in [3.05, 3.63) is 98.5 Å². The SMILES string of the molecule is C/C=C1\C2C=C(C)CC1(N=C/C=C/c1cccc(C(=O)NCC)c1)c1ccc(=O)[nH]c1C2. The number of fused-ring (bicyclic) bond motifs is 4. The summed E-state index contributed by atoms with van der Waals surface area (Å²) in [4.78, 5) is 32.2. The van der Waals surface area contributed by atoms with Crippen molar-refractivity contribution in [1.82, 2.24) is 10.3 Å². The number of allylic oxidation sites excluding steroid dienone is 3. The van der Waals surface area contributed by atoms with Gasteiger partial charge in [-0.25, -0.2) is 0 Å². The largest absolute Gasteiger partial charge is 0.352 e. The van der Waals surface area contributed by atoms with Crippen LogP contribution in [0.2, 0.25) is 0 Å². The number of aliphatic imine (C=N–C) groups is 1. The van der Waals surface area contributed by atoms with E-state index in [2.05, 4.69) is 36.3 Å². The zero-order chi connectivity index (χ0) is 22.7. The molecule has 0 fully saturated rings. The van der Waals surface area contributed by atoms with Crippen LogP contribution < -0.4 is 10.9 Å². The number of nitrogens with one attached hydrogen (secondary N) is 2. The first kappa shape index (κ1) is 21.8. The number of pyridine rings is 1. The van der Waals surface area contributed by atoms with Crippen molar-refractivity contribution < 1.29 is 4.79 Å². The topological polar surface area (TPSA) is 74.3 Å². The van der Waals surface area contributed by atoms with Gasteiger partial charge in [-0.1, -0.05) is 35.9 Å². The fraction of sp³-hybridized carbons (Fsp3) is 0.296. The highest BCUT2D eigenvalue weighted by Gasteiger charge is 2.46. The molecule has 5 nitrogen and oxygen atoms in total. The molecule has 2 bridgehead atoms. The van der Waals surface area contributed by atoms with Gasteiger partial charge < -0.3 is 10.3 Å². The Morgan fingerprint density at radius 1 is 1.31 bits per heavy atom.